The van der Waals surface area contributed by atoms with Crippen LogP contribution in [0.5, 0.6) is 5.88 Å². The molecule has 0 atom stereocenters. The second-order valence-corrected chi connectivity index (χ2v) is 6.34. The molecule has 116 valence electrons. The van der Waals surface area contributed by atoms with Gasteiger partial charge in [-0.25, -0.2) is 0 Å². The Kier molecular flexibility index (Phi) is 5.27. The van der Waals surface area contributed by atoms with Gasteiger partial charge in [0.25, 0.3) is 5.56 Å². The van der Waals surface area contributed by atoms with Gasteiger partial charge in [0.1, 0.15) is 0 Å². The topological polar surface area (TPSA) is 86.3 Å². The molecule has 0 bridgehead atoms. The molecule has 2 rings (SSSR count). The monoisotopic (exact) mass is 311 g/mol. The van der Waals surface area contributed by atoms with Crippen molar-refractivity contribution < 1.29 is 9.90 Å². The molecule has 1 aromatic rings. The van der Waals surface area contributed by atoms with Crippen molar-refractivity contribution in [2.75, 3.05) is 18.8 Å². The van der Waals surface area contributed by atoms with Crippen LogP contribution in [0.2, 0.25) is 0 Å². The van der Waals surface area contributed by atoms with E-state index in [1.807, 2.05) is 4.90 Å². The van der Waals surface area contributed by atoms with Gasteiger partial charge in [-0.15, -0.1) is 0 Å². The highest BCUT2D eigenvalue weighted by atomic mass is 32.2. The molecule has 0 aromatic carbocycles. The van der Waals surface area contributed by atoms with E-state index < -0.39 is 0 Å². The molecule has 1 amide bonds. The number of amides is 1. The van der Waals surface area contributed by atoms with E-state index in [4.69, 9.17) is 0 Å². The number of aromatic amines is 1. The summed E-state index contributed by atoms with van der Waals surface area (Å²) < 4.78 is 0. The van der Waals surface area contributed by atoms with E-state index in [2.05, 4.69) is 16.9 Å². The van der Waals surface area contributed by atoms with Gasteiger partial charge in [-0.2, -0.15) is 4.98 Å². The minimum Gasteiger partial charge on any atom is -0.493 e. The lowest BCUT2D eigenvalue weighted by atomic mass is 9.99. The van der Waals surface area contributed by atoms with Crippen LogP contribution in [0.15, 0.2) is 9.95 Å². The minimum absolute atomic E-state index is 0.0496. The Morgan fingerprint density at radius 1 is 1.48 bits per heavy atom. The van der Waals surface area contributed by atoms with Crippen molar-refractivity contribution in [1.82, 2.24) is 14.9 Å². The summed E-state index contributed by atoms with van der Waals surface area (Å²) in [5, 5.41) is 9.96. The molecule has 0 aliphatic carbocycles. The molecule has 1 aliphatic rings. The number of aromatic hydroxyl groups is 1. The van der Waals surface area contributed by atoms with Gasteiger partial charge in [-0.1, -0.05) is 25.6 Å². The van der Waals surface area contributed by atoms with Crippen molar-refractivity contribution in [3.05, 3.63) is 15.9 Å². The van der Waals surface area contributed by atoms with Gasteiger partial charge in [0.2, 0.25) is 11.8 Å². The Hall–Kier alpha value is -1.50. The summed E-state index contributed by atoms with van der Waals surface area (Å²) in [6.45, 7) is 5.57. The van der Waals surface area contributed by atoms with E-state index in [0.29, 0.717) is 12.3 Å². The van der Waals surface area contributed by atoms with Gasteiger partial charge in [-0.05, 0) is 25.2 Å². The number of piperidine rings is 1. The van der Waals surface area contributed by atoms with Crippen molar-refractivity contribution in [3.63, 3.8) is 0 Å². The highest BCUT2D eigenvalue weighted by molar-refractivity contribution is 7.99. The van der Waals surface area contributed by atoms with E-state index >= 15 is 0 Å². The summed E-state index contributed by atoms with van der Waals surface area (Å²) in [6.07, 6.45) is 2.50. The third-order valence-corrected chi connectivity index (χ3v) is 4.65. The standard InChI is InChI=1S/C14H21N3O3S/c1-3-10-12(19)15-14(16-13(10)20)21-8-11(18)17-6-4-9(2)5-7-17/h9H,3-8H2,1-2H3,(H2,15,16,19,20). The molecular formula is C14H21N3O3S. The zero-order valence-electron chi connectivity index (χ0n) is 12.4. The fourth-order valence-electron chi connectivity index (χ4n) is 2.33. The zero-order chi connectivity index (χ0) is 15.4. The third kappa shape index (κ3) is 4.00. The van der Waals surface area contributed by atoms with Crippen LogP contribution in [0.3, 0.4) is 0 Å². The normalized spacial score (nSPS) is 16.2. The molecule has 0 radical (unpaired) electrons. The summed E-state index contributed by atoms with van der Waals surface area (Å²) in [5.74, 6) is 0.706. The number of carbonyl (C=O) groups excluding carboxylic acids is 1. The van der Waals surface area contributed by atoms with Crippen LogP contribution >= 0.6 is 11.8 Å². The molecule has 0 unspecified atom stereocenters. The van der Waals surface area contributed by atoms with Crippen LogP contribution in [0.25, 0.3) is 0 Å². The predicted octanol–water partition coefficient (Wildman–Crippen LogP) is 1.39. The first kappa shape index (κ1) is 15.9. The van der Waals surface area contributed by atoms with E-state index in [1.165, 1.54) is 0 Å². The van der Waals surface area contributed by atoms with Crippen molar-refractivity contribution >= 4 is 17.7 Å². The Labute approximate surface area is 128 Å². The Morgan fingerprint density at radius 2 is 2.14 bits per heavy atom. The van der Waals surface area contributed by atoms with Crippen LogP contribution < -0.4 is 5.56 Å². The summed E-state index contributed by atoms with van der Waals surface area (Å²) in [7, 11) is 0. The van der Waals surface area contributed by atoms with Gasteiger partial charge in [0.15, 0.2) is 5.16 Å². The van der Waals surface area contributed by atoms with Crippen LogP contribution in [0.1, 0.15) is 32.3 Å². The number of hydrogen-bond acceptors (Lipinski definition) is 5. The highest BCUT2D eigenvalue weighted by Gasteiger charge is 2.20. The highest BCUT2D eigenvalue weighted by Crippen LogP contribution is 2.20. The fraction of sp³-hybridized carbons (Fsp3) is 0.643. The molecule has 1 saturated heterocycles. The summed E-state index contributed by atoms with van der Waals surface area (Å²) in [6, 6.07) is 0. The number of nitrogens with zero attached hydrogens (tertiary/aromatic N) is 2. The zero-order valence-corrected chi connectivity index (χ0v) is 13.2. The number of rotatable bonds is 4. The van der Waals surface area contributed by atoms with Crippen LogP contribution in [-0.2, 0) is 11.2 Å². The maximum atomic E-state index is 12.1. The predicted molar refractivity (Wildman–Crippen MR) is 81.6 cm³/mol. The van der Waals surface area contributed by atoms with Gasteiger partial charge >= 0.3 is 0 Å². The van der Waals surface area contributed by atoms with Crippen molar-refractivity contribution in [2.24, 2.45) is 5.92 Å². The van der Waals surface area contributed by atoms with Gasteiger partial charge < -0.3 is 15.0 Å². The summed E-state index contributed by atoms with van der Waals surface area (Å²) in [4.78, 5) is 32.2. The SMILES string of the molecule is CCc1c(O)nc(SCC(=O)N2CCC(C)CC2)[nH]c1=O. The lowest BCUT2D eigenvalue weighted by Crippen LogP contribution is -2.38. The smallest absolute Gasteiger partial charge is 0.258 e. The first-order valence-electron chi connectivity index (χ1n) is 7.24. The largest absolute Gasteiger partial charge is 0.493 e. The molecule has 2 N–H and O–H groups in total. The quantitative estimate of drug-likeness (QED) is 0.648. The molecule has 21 heavy (non-hydrogen) atoms. The van der Waals surface area contributed by atoms with E-state index in [0.717, 1.165) is 37.7 Å². The van der Waals surface area contributed by atoms with Gasteiger partial charge in [0.05, 0.1) is 11.3 Å². The average Bonchev–Trinajstić information content (AvgIpc) is 2.45. The van der Waals surface area contributed by atoms with E-state index in [1.54, 1.807) is 6.92 Å². The number of aromatic nitrogens is 2. The number of H-pyrrole nitrogens is 1. The Morgan fingerprint density at radius 3 is 2.71 bits per heavy atom. The molecule has 1 fully saturated rings. The summed E-state index contributed by atoms with van der Waals surface area (Å²) in [5.41, 5.74) is -0.0672. The molecule has 6 nitrogen and oxygen atoms in total. The molecule has 0 saturated carbocycles. The Balaban J connectivity index is 1.94. The van der Waals surface area contributed by atoms with E-state index in [-0.39, 0.29) is 33.8 Å². The van der Waals surface area contributed by atoms with E-state index in [9.17, 15) is 14.7 Å². The fourth-order valence-corrected chi connectivity index (χ4v) is 3.09. The molecule has 7 heteroatoms. The number of likely N-dealkylation sites (tertiary alicyclic amines) is 1. The maximum absolute atomic E-state index is 12.1. The molecule has 1 aliphatic heterocycles. The number of thioether (sulfide) groups is 1. The lowest BCUT2D eigenvalue weighted by molar-refractivity contribution is -0.129. The maximum Gasteiger partial charge on any atom is 0.258 e. The molecule has 0 spiro atoms. The second-order valence-electron chi connectivity index (χ2n) is 5.38. The summed E-state index contributed by atoms with van der Waals surface area (Å²) >= 11 is 1.15. The third-order valence-electron chi connectivity index (χ3n) is 3.79. The van der Waals surface area contributed by atoms with Crippen molar-refractivity contribution in [1.29, 1.82) is 0 Å². The second kappa shape index (κ2) is 6.98. The Bertz CT molecular complexity index is 565. The van der Waals surface area contributed by atoms with Crippen molar-refractivity contribution in [2.45, 2.75) is 38.3 Å². The number of carbonyl (C=O) groups is 1. The first-order valence-corrected chi connectivity index (χ1v) is 8.22. The van der Waals surface area contributed by atoms with Crippen LogP contribution in [-0.4, -0.2) is 44.7 Å². The number of nitrogens with one attached hydrogen (secondary N) is 1. The van der Waals surface area contributed by atoms with Crippen LogP contribution in [0, 0.1) is 5.92 Å². The average molecular weight is 311 g/mol. The van der Waals surface area contributed by atoms with Crippen LogP contribution in [0.4, 0.5) is 0 Å². The van der Waals surface area contributed by atoms with Gasteiger partial charge in [0, 0.05) is 13.1 Å². The minimum atomic E-state index is -0.341. The first-order chi connectivity index (χ1) is 10.0. The molecular weight excluding hydrogens is 290 g/mol. The molecule has 1 aromatic heterocycles. The van der Waals surface area contributed by atoms with Gasteiger partial charge in [-0.3, -0.25) is 9.59 Å². The number of hydrogen-bond donors (Lipinski definition) is 2. The van der Waals surface area contributed by atoms with Crippen molar-refractivity contribution in [3.8, 4) is 5.88 Å². The lowest BCUT2D eigenvalue weighted by Gasteiger charge is -2.30. The molecule has 2 heterocycles.